The van der Waals surface area contributed by atoms with E-state index in [4.69, 9.17) is 15.6 Å². The molecular formula is C6H9N5O2. The second kappa shape index (κ2) is 3.57. The highest BCUT2D eigenvalue weighted by molar-refractivity contribution is 5.81. The third kappa shape index (κ3) is 1.75. The Balaban J connectivity index is 3.18. The van der Waals surface area contributed by atoms with E-state index in [1.54, 1.807) is 0 Å². The fourth-order valence-corrected chi connectivity index (χ4v) is 0.742. The van der Waals surface area contributed by atoms with Crippen LogP contribution in [0, 0.1) is 0 Å². The van der Waals surface area contributed by atoms with Gasteiger partial charge in [0, 0.05) is 0 Å². The highest BCUT2D eigenvalue weighted by atomic mass is 16.5. The number of hydrogen-bond acceptors (Lipinski definition) is 6. The van der Waals surface area contributed by atoms with E-state index in [0.29, 0.717) is 0 Å². The van der Waals surface area contributed by atoms with Crippen molar-refractivity contribution in [2.75, 3.05) is 23.8 Å². The number of methoxy groups -OCH3 is 1. The first-order chi connectivity index (χ1) is 7.33. The molecule has 70 valence electrons. The summed E-state index contributed by atoms with van der Waals surface area (Å²) in [5, 5.41) is 2.13. The zero-order valence-electron chi connectivity index (χ0n) is 9.44. The third-order valence-corrected chi connectivity index (χ3v) is 1.22. The summed E-state index contributed by atoms with van der Waals surface area (Å²) in [6, 6.07) is 0. The van der Waals surface area contributed by atoms with Crippen LogP contribution in [0.1, 0.15) is 4.11 Å². The van der Waals surface area contributed by atoms with E-state index in [9.17, 15) is 4.79 Å². The zero-order chi connectivity index (χ0) is 12.3. The Labute approximate surface area is 78.3 Å². The van der Waals surface area contributed by atoms with Crippen LogP contribution in [-0.4, -0.2) is 23.4 Å². The number of amides is 1. The number of carbonyl (C=O) groups is 1. The summed E-state index contributed by atoms with van der Waals surface area (Å²) in [5.41, 5.74) is 10.5. The molecule has 0 bridgehead atoms. The number of anilines is 3. The van der Waals surface area contributed by atoms with Gasteiger partial charge in [-0.2, -0.15) is 9.97 Å². The Kier molecular flexibility index (Phi) is 1.53. The van der Waals surface area contributed by atoms with Gasteiger partial charge in [-0.25, -0.2) is 0 Å². The monoisotopic (exact) mass is 186 g/mol. The first-order valence-electron chi connectivity index (χ1n) is 4.65. The summed E-state index contributed by atoms with van der Waals surface area (Å²) >= 11 is 0. The van der Waals surface area contributed by atoms with Gasteiger partial charge in [-0.05, 0) is 0 Å². The fraction of sp³-hybridized carbons (Fsp3) is 0.167. The van der Waals surface area contributed by atoms with E-state index in [0.717, 1.165) is 0 Å². The molecule has 0 aliphatic carbocycles. The molecule has 0 unspecified atom stereocenters. The van der Waals surface area contributed by atoms with Crippen LogP contribution in [0.25, 0.3) is 0 Å². The number of aromatic nitrogens is 2. The minimum atomic E-state index is -2.73. The van der Waals surface area contributed by atoms with Gasteiger partial charge in [-0.1, -0.05) is 0 Å². The van der Waals surface area contributed by atoms with Crippen molar-refractivity contribution in [3.8, 4) is 5.88 Å². The number of carbonyl (C=O) groups excluding carboxylic acids is 1. The number of nitrogens with two attached hydrogens (primary N) is 2. The van der Waals surface area contributed by atoms with Crippen molar-refractivity contribution >= 4 is 23.9 Å². The number of nitrogen functional groups attached to an aromatic ring is 2. The van der Waals surface area contributed by atoms with Gasteiger partial charge in [0.1, 0.15) is 5.69 Å². The van der Waals surface area contributed by atoms with Crippen molar-refractivity contribution < 1.29 is 13.6 Å². The van der Waals surface area contributed by atoms with Crippen LogP contribution in [0.3, 0.4) is 0 Å². The van der Waals surface area contributed by atoms with Crippen LogP contribution in [0.15, 0.2) is 0 Å². The Morgan fingerprint density at radius 3 is 3.00 bits per heavy atom. The molecule has 0 saturated carbocycles. The molecule has 0 spiro atoms. The van der Waals surface area contributed by atoms with Gasteiger partial charge in [0.15, 0.2) is 5.82 Å². The second-order valence-corrected chi connectivity index (χ2v) is 2.01. The Bertz CT molecular complexity index is 408. The maximum Gasteiger partial charge on any atom is 0.244 e. The standard InChI is InChI=1S/C6H9N5O2/c1-13-5-3(9-2-12)4(7)10-6(8)11-5/h2H,1H3,(H,9,12)(H4,7,8,10,11)/i1D3. The Morgan fingerprint density at radius 2 is 2.38 bits per heavy atom. The molecule has 7 heteroatoms. The van der Waals surface area contributed by atoms with Gasteiger partial charge in [-0.3, -0.25) is 4.79 Å². The average Bonchev–Trinajstić information content (AvgIpc) is 2.08. The first kappa shape index (κ1) is 5.57. The fourth-order valence-electron chi connectivity index (χ4n) is 0.742. The molecule has 7 nitrogen and oxygen atoms in total. The normalized spacial score (nSPS) is 13.7. The predicted molar refractivity (Wildman–Crippen MR) is 47.1 cm³/mol. The lowest BCUT2D eigenvalue weighted by atomic mass is 10.4. The van der Waals surface area contributed by atoms with Crippen molar-refractivity contribution in [2.45, 2.75) is 0 Å². The number of rotatable bonds is 3. The molecule has 0 radical (unpaired) electrons. The van der Waals surface area contributed by atoms with Crippen molar-refractivity contribution in [1.82, 2.24) is 9.97 Å². The summed E-state index contributed by atoms with van der Waals surface area (Å²) in [5.74, 6) is -0.843. The molecule has 0 saturated heterocycles. The van der Waals surface area contributed by atoms with E-state index in [1.807, 2.05) is 0 Å². The predicted octanol–water partition coefficient (Wildman–Crippen LogP) is -0.782. The van der Waals surface area contributed by atoms with E-state index in [2.05, 4.69) is 20.0 Å². The summed E-state index contributed by atoms with van der Waals surface area (Å²) < 4.78 is 25.2. The van der Waals surface area contributed by atoms with Gasteiger partial charge >= 0.3 is 0 Å². The molecule has 0 aliphatic heterocycles. The van der Waals surface area contributed by atoms with Gasteiger partial charge in [0.2, 0.25) is 18.2 Å². The topological polar surface area (TPSA) is 116 Å². The molecule has 1 aromatic rings. The summed E-state index contributed by atoms with van der Waals surface area (Å²) in [6.07, 6.45) is 0.289. The van der Waals surface area contributed by atoms with E-state index in [-0.39, 0.29) is 23.9 Å². The van der Waals surface area contributed by atoms with Crippen molar-refractivity contribution in [3.05, 3.63) is 0 Å². The van der Waals surface area contributed by atoms with Crippen molar-refractivity contribution in [1.29, 1.82) is 0 Å². The number of hydrogen-bond donors (Lipinski definition) is 3. The molecule has 1 aromatic heterocycles. The highest BCUT2D eigenvalue weighted by Gasteiger charge is 2.10. The van der Waals surface area contributed by atoms with E-state index in [1.165, 1.54) is 0 Å². The molecule has 0 fully saturated rings. The van der Waals surface area contributed by atoms with Crippen molar-refractivity contribution in [2.24, 2.45) is 0 Å². The highest BCUT2D eigenvalue weighted by Crippen LogP contribution is 2.26. The molecule has 13 heavy (non-hydrogen) atoms. The van der Waals surface area contributed by atoms with Crippen LogP contribution < -0.4 is 21.5 Å². The zero-order valence-corrected chi connectivity index (χ0v) is 6.44. The minimum Gasteiger partial charge on any atom is -0.479 e. The van der Waals surface area contributed by atoms with Crippen LogP contribution in [0.2, 0.25) is 0 Å². The maximum absolute atomic E-state index is 10.3. The van der Waals surface area contributed by atoms with Gasteiger partial charge in [0.05, 0.1) is 11.2 Å². The second-order valence-electron chi connectivity index (χ2n) is 2.01. The van der Waals surface area contributed by atoms with E-state index < -0.39 is 12.9 Å². The molecule has 5 N–H and O–H groups in total. The quantitative estimate of drug-likeness (QED) is 0.533. The lowest BCUT2D eigenvalue weighted by Gasteiger charge is -2.07. The van der Waals surface area contributed by atoms with E-state index >= 15 is 0 Å². The third-order valence-electron chi connectivity index (χ3n) is 1.22. The largest absolute Gasteiger partial charge is 0.479 e. The molecule has 0 atom stereocenters. The molecule has 1 rings (SSSR count). The summed E-state index contributed by atoms with van der Waals surface area (Å²) in [7, 11) is -2.73. The van der Waals surface area contributed by atoms with Crippen LogP contribution in [0.5, 0.6) is 5.88 Å². The van der Waals surface area contributed by atoms with Gasteiger partial charge < -0.3 is 21.5 Å². The van der Waals surface area contributed by atoms with Gasteiger partial charge in [0.25, 0.3) is 0 Å². The van der Waals surface area contributed by atoms with Crippen molar-refractivity contribution in [3.63, 3.8) is 0 Å². The van der Waals surface area contributed by atoms with Gasteiger partial charge in [-0.15, -0.1) is 0 Å². The Hall–Kier alpha value is -2.05. The SMILES string of the molecule is [2H]C([2H])([2H])Oc1nc(N)nc(N)c1NC=O. The molecule has 0 aromatic carbocycles. The molecule has 1 amide bonds. The maximum atomic E-state index is 10.3. The van der Waals surface area contributed by atoms with Crippen LogP contribution in [0.4, 0.5) is 17.5 Å². The molecular weight excluding hydrogens is 174 g/mol. The van der Waals surface area contributed by atoms with Crippen LogP contribution >= 0.6 is 0 Å². The minimum absolute atomic E-state index is 0.139. The van der Waals surface area contributed by atoms with Crippen LogP contribution in [-0.2, 0) is 4.79 Å². The number of nitrogens with one attached hydrogen (secondary N) is 1. The average molecular weight is 186 g/mol. The smallest absolute Gasteiger partial charge is 0.244 e. The lowest BCUT2D eigenvalue weighted by Crippen LogP contribution is -2.08. The molecule has 1 heterocycles. The first-order valence-corrected chi connectivity index (χ1v) is 3.15. The molecule has 0 aliphatic rings. The number of nitrogens with zero attached hydrogens (tertiary/aromatic N) is 2. The lowest BCUT2D eigenvalue weighted by molar-refractivity contribution is -0.105. The summed E-state index contributed by atoms with van der Waals surface area (Å²) in [6.45, 7) is 0. The summed E-state index contributed by atoms with van der Waals surface area (Å²) in [4.78, 5) is 17.3. The number of ether oxygens (including phenoxy) is 1. The Morgan fingerprint density at radius 1 is 1.62 bits per heavy atom.